The van der Waals surface area contributed by atoms with E-state index in [4.69, 9.17) is 0 Å². The molecule has 0 radical (unpaired) electrons. The average Bonchev–Trinajstić information content (AvgIpc) is 3.12. The van der Waals surface area contributed by atoms with E-state index in [-0.39, 0.29) is 18.4 Å². The Bertz CT molecular complexity index is 804. The Balaban J connectivity index is 1.69. The van der Waals surface area contributed by atoms with Crippen molar-refractivity contribution in [2.75, 3.05) is 18.4 Å². The molecule has 2 heterocycles. The third-order valence-electron chi connectivity index (χ3n) is 3.96. The number of hydrogen-bond donors (Lipinski definition) is 1. The standard InChI is InChI=1S/C16H17IN2O3S2/c17-13-5-7-14(8-6-13)18-16(20)12-3-1-9-19(11-12)24(21,22)15-4-2-10-23-15/h2,4-8,10,12H,1,3,9,11H2,(H,18,20)/t12-/m0/s1. The Labute approximate surface area is 159 Å². The first-order valence-corrected chi connectivity index (χ1v) is 11.0. The zero-order valence-electron chi connectivity index (χ0n) is 12.8. The van der Waals surface area contributed by atoms with Gasteiger partial charge in [-0.25, -0.2) is 8.42 Å². The Morgan fingerprint density at radius 1 is 1.25 bits per heavy atom. The van der Waals surface area contributed by atoms with E-state index in [2.05, 4.69) is 27.9 Å². The van der Waals surface area contributed by atoms with E-state index in [1.807, 2.05) is 24.3 Å². The summed E-state index contributed by atoms with van der Waals surface area (Å²) < 4.78 is 28.1. The second kappa shape index (κ2) is 7.51. The van der Waals surface area contributed by atoms with Crippen LogP contribution < -0.4 is 5.32 Å². The Hall–Kier alpha value is -0.970. The lowest BCUT2D eigenvalue weighted by atomic mass is 9.99. The molecule has 1 N–H and O–H groups in total. The third-order valence-corrected chi connectivity index (χ3v) is 7.91. The number of rotatable bonds is 4. The molecule has 0 unspecified atom stereocenters. The van der Waals surface area contributed by atoms with Gasteiger partial charge in [0.15, 0.2) is 0 Å². The molecule has 128 valence electrons. The van der Waals surface area contributed by atoms with Crippen molar-refractivity contribution in [3.63, 3.8) is 0 Å². The number of anilines is 1. The van der Waals surface area contributed by atoms with E-state index in [9.17, 15) is 13.2 Å². The largest absolute Gasteiger partial charge is 0.326 e. The molecule has 0 spiro atoms. The molecule has 1 aliphatic rings. The molecule has 8 heteroatoms. The highest BCUT2D eigenvalue weighted by Gasteiger charge is 2.33. The van der Waals surface area contributed by atoms with Crippen LogP contribution in [0.1, 0.15) is 12.8 Å². The van der Waals surface area contributed by atoms with E-state index in [1.165, 1.54) is 15.6 Å². The van der Waals surface area contributed by atoms with Crippen molar-refractivity contribution in [3.8, 4) is 0 Å². The summed E-state index contributed by atoms with van der Waals surface area (Å²) in [7, 11) is -3.49. The number of carbonyl (C=O) groups excluding carboxylic acids is 1. The Morgan fingerprint density at radius 2 is 2.00 bits per heavy atom. The maximum Gasteiger partial charge on any atom is 0.252 e. The molecule has 1 saturated heterocycles. The van der Waals surface area contributed by atoms with Crippen molar-refractivity contribution in [1.82, 2.24) is 4.31 Å². The number of halogens is 1. The molecule has 1 aliphatic heterocycles. The normalized spacial score (nSPS) is 19.1. The molecular formula is C16H17IN2O3S2. The highest BCUT2D eigenvalue weighted by molar-refractivity contribution is 14.1. The molecule has 0 saturated carbocycles. The highest BCUT2D eigenvalue weighted by atomic mass is 127. The Morgan fingerprint density at radius 3 is 2.67 bits per heavy atom. The zero-order chi connectivity index (χ0) is 17.2. The number of nitrogens with one attached hydrogen (secondary N) is 1. The zero-order valence-corrected chi connectivity index (χ0v) is 16.6. The number of thiophene rings is 1. The quantitative estimate of drug-likeness (QED) is 0.689. The topological polar surface area (TPSA) is 66.5 Å². The highest BCUT2D eigenvalue weighted by Crippen LogP contribution is 2.27. The number of nitrogens with zero attached hydrogens (tertiary/aromatic N) is 1. The van der Waals surface area contributed by atoms with Crippen molar-refractivity contribution >= 4 is 55.5 Å². The SMILES string of the molecule is O=C(Nc1ccc(I)cc1)[C@H]1CCCN(S(=O)(=O)c2cccs2)C1. The average molecular weight is 476 g/mol. The van der Waals surface area contributed by atoms with Gasteiger partial charge in [-0.15, -0.1) is 11.3 Å². The number of benzene rings is 1. The van der Waals surface area contributed by atoms with E-state index in [0.717, 1.165) is 9.26 Å². The molecule has 1 aromatic carbocycles. The molecule has 2 aromatic rings. The number of piperidine rings is 1. The van der Waals surface area contributed by atoms with Gasteiger partial charge in [0.2, 0.25) is 5.91 Å². The van der Waals surface area contributed by atoms with E-state index in [1.54, 1.807) is 17.5 Å². The second-order valence-electron chi connectivity index (χ2n) is 5.63. The summed E-state index contributed by atoms with van der Waals surface area (Å²) in [5, 5.41) is 4.63. The fourth-order valence-corrected chi connectivity index (χ4v) is 5.72. The predicted molar refractivity (Wildman–Crippen MR) is 104 cm³/mol. The third kappa shape index (κ3) is 3.98. The van der Waals surface area contributed by atoms with Crippen LogP contribution in [0.2, 0.25) is 0 Å². The number of sulfonamides is 1. The van der Waals surface area contributed by atoms with Gasteiger partial charge in [0, 0.05) is 22.3 Å². The first kappa shape index (κ1) is 17.8. The molecule has 1 aromatic heterocycles. The number of hydrogen-bond acceptors (Lipinski definition) is 4. The van der Waals surface area contributed by atoms with Gasteiger partial charge in [0.25, 0.3) is 10.0 Å². The fourth-order valence-electron chi connectivity index (χ4n) is 2.69. The van der Waals surface area contributed by atoms with Crippen molar-refractivity contribution < 1.29 is 13.2 Å². The van der Waals surface area contributed by atoms with Gasteiger partial charge in [-0.2, -0.15) is 4.31 Å². The molecule has 0 aliphatic carbocycles. The molecule has 24 heavy (non-hydrogen) atoms. The lowest BCUT2D eigenvalue weighted by molar-refractivity contribution is -0.120. The first-order chi connectivity index (χ1) is 11.5. The van der Waals surface area contributed by atoms with E-state index in [0.29, 0.717) is 23.6 Å². The summed E-state index contributed by atoms with van der Waals surface area (Å²) in [6, 6.07) is 10.9. The van der Waals surface area contributed by atoms with Crippen LogP contribution in [0.25, 0.3) is 0 Å². The van der Waals surface area contributed by atoms with Crippen LogP contribution in [-0.4, -0.2) is 31.7 Å². The minimum absolute atomic E-state index is 0.123. The van der Waals surface area contributed by atoms with Gasteiger partial charge >= 0.3 is 0 Å². The van der Waals surface area contributed by atoms with E-state index < -0.39 is 10.0 Å². The molecule has 3 rings (SSSR count). The van der Waals surface area contributed by atoms with Gasteiger partial charge in [0.05, 0.1) is 5.92 Å². The minimum atomic E-state index is -3.49. The van der Waals surface area contributed by atoms with Crippen LogP contribution in [0.4, 0.5) is 5.69 Å². The van der Waals surface area contributed by atoms with Crippen LogP contribution in [0.5, 0.6) is 0 Å². The second-order valence-corrected chi connectivity index (χ2v) is 9.99. The van der Waals surface area contributed by atoms with Gasteiger partial charge in [-0.1, -0.05) is 6.07 Å². The smallest absolute Gasteiger partial charge is 0.252 e. The van der Waals surface area contributed by atoms with Crippen molar-refractivity contribution in [2.45, 2.75) is 17.1 Å². The maximum atomic E-state index is 12.6. The number of amides is 1. The number of carbonyl (C=O) groups is 1. The fraction of sp³-hybridized carbons (Fsp3) is 0.312. The van der Waals surface area contributed by atoms with Gasteiger partial charge in [0.1, 0.15) is 4.21 Å². The molecule has 1 amide bonds. The van der Waals surface area contributed by atoms with Crippen molar-refractivity contribution in [1.29, 1.82) is 0 Å². The molecule has 1 fully saturated rings. The van der Waals surface area contributed by atoms with Gasteiger partial charge in [-0.05, 0) is 71.1 Å². The monoisotopic (exact) mass is 476 g/mol. The molecular weight excluding hydrogens is 459 g/mol. The van der Waals surface area contributed by atoms with Crippen molar-refractivity contribution in [3.05, 3.63) is 45.3 Å². The maximum absolute atomic E-state index is 12.6. The summed E-state index contributed by atoms with van der Waals surface area (Å²) in [6.45, 7) is 0.698. The predicted octanol–water partition coefficient (Wildman–Crippen LogP) is 3.39. The lowest BCUT2D eigenvalue weighted by Gasteiger charge is -2.30. The molecule has 5 nitrogen and oxygen atoms in total. The summed E-state index contributed by atoms with van der Waals surface area (Å²) in [4.78, 5) is 12.5. The summed E-state index contributed by atoms with van der Waals surface area (Å²) in [5.74, 6) is -0.449. The Kier molecular flexibility index (Phi) is 5.58. The van der Waals surface area contributed by atoms with Crippen LogP contribution in [-0.2, 0) is 14.8 Å². The summed E-state index contributed by atoms with van der Waals surface area (Å²) >= 11 is 3.41. The van der Waals surface area contributed by atoms with Gasteiger partial charge in [-0.3, -0.25) is 4.79 Å². The van der Waals surface area contributed by atoms with Crippen LogP contribution in [0, 0.1) is 9.49 Å². The summed E-state index contributed by atoms with van der Waals surface area (Å²) in [6.07, 6.45) is 1.39. The first-order valence-electron chi connectivity index (χ1n) is 7.57. The van der Waals surface area contributed by atoms with Crippen LogP contribution in [0.15, 0.2) is 46.0 Å². The van der Waals surface area contributed by atoms with E-state index >= 15 is 0 Å². The molecule has 0 bridgehead atoms. The molecule has 1 atom stereocenters. The van der Waals surface area contributed by atoms with Crippen LogP contribution in [0.3, 0.4) is 0 Å². The van der Waals surface area contributed by atoms with Gasteiger partial charge < -0.3 is 5.32 Å². The van der Waals surface area contributed by atoms with Crippen LogP contribution >= 0.6 is 33.9 Å². The minimum Gasteiger partial charge on any atom is -0.326 e. The van der Waals surface area contributed by atoms with Crippen molar-refractivity contribution in [2.24, 2.45) is 5.92 Å². The lowest BCUT2D eigenvalue weighted by Crippen LogP contribution is -2.43. The summed E-state index contributed by atoms with van der Waals surface area (Å²) in [5.41, 5.74) is 0.735.